The van der Waals surface area contributed by atoms with Crippen LogP contribution in [0.15, 0.2) is 188 Å². The molecule has 12 aromatic rings. The smallest absolute Gasteiger partial charge is 0.308 e. The minimum absolute atomic E-state index is 0.00164. The third-order valence-electron chi connectivity index (χ3n) is 16.0. The van der Waals surface area contributed by atoms with E-state index in [1.54, 1.807) is 30.3 Å². The zero-order chi connectivity index (χ0) is 52.2. The molecule has 0 radical (unpaired) electrons. The summed E-state index contributed by atoms with van der Waals surface area (Å²) >= 11 is 0. The SMILES string of the molecule is CC1(C)c2ccccc2-c2cc3c(cc21)c1ccccc1n3-c1ccc(C(F)(F)F)cc1-c1nc(-c2ccccc2)nc(-c2cc(C(F)(F)F)ccc2-n2c3ccccc3c3cc4c(cc32)-c2ccccc2C4(C)C)n1. The van der Waals surface area contributed by atoms with Crippen LogP contribution in [0.1, 0.15) is 61.1 Å². The molecule has 0 bridgehead atoms. The second-order valence-corrected chi connectivity index (χ2v) is 21.0. The van der Waals surface area contributed by atoms with Crippen LogP contribution in [0.25, 0.3) is 111 Å². The predicted octanol–water partition coefficient (Wildman–Crippen LogP) is 17.7. The van der Waals surface area contributed by atoms with Gasteiger partial charge in [-0.25, -0.2) is 15.0 Å². The minimum Gasteiger partial charge on any atom is -0.308 e. The van der Waals surface area contributed by atoms with E-state index >= 15 is 26.3 Å². The quantitative estimate of drug-likeness (QED) is 0.161. The van der Waals surface area contributed by atoms with E-state index < -0.39 is 23.5 Å². The Labute approximate surface area is 432 Å². The topological polar surface area (TPSA) is 48.5 Å². The molecule has 2 aliphatic rings. The van der Waals surface area contributed by atoms with Gasteiger partial charge in [0.2, 0.25) is 0 Å². The van der Waals surface area contributed by atoms with Crippen molar-refractivity contribution in [2.75, 3.05) is 0 Å². The van der Waals surface area contributed by atoms with Crippen molar-refractivity contribution in [2.24, 2.45) is 0 Å². The number of benzene rings is 9. The Bertz CT molecular complexity index is 4180. The van der Waals surface area contributed by atoms with Gasteiger partial charge in [-0.1, -0.05) is 143 Å². The normalized spacial score (nSPS) is 14.4. The molecule has 3 aromatic heterocycles. The molecule has 0 saturated heterocycles. The molecule has 2 aliphatic carbocycles. The van der Waals surface area contributed by atoms with Gasteiger partial charge >= 0.3 is 12.4 Å². The van der Waals surface area contributed by atoms with Crippen LogP contribution in [0.3, 0.4) is 0 Å². The minimum atomic E-state index is -4.79. The molecule has 14 rings (SSSR count). The first-order valence-electron chi connectivity index (χ1n) is 25.1. The molecule has 0 N–H and O–H groups in total. The Kier molecular flexibility index (Phi) is 9.54. The molecule has 0 spiro atoms. The summed E-state index contributed by atoms with van der Waals surface area (Å²) in [5.74, 6) is -0.262. The summed E-state index contributed by atoms with van der Waals surface area (Å²) in [6.07, 6.45) is -9.58. The van der Waals surface area contributed by atoms with Crippen LogP contribution < -0.4 is 0 Å². The van der Waals surface area contributed by atoms with Crippen LogP contribution in [0.2, 0.25) is 0 Å². The number of rotatable bonds is 5. The van der Waals surface area contributed by atoms with Crippen LogP contribution in [0, 0.1) is 0 Å². The van der Waals surface area contributed by atoms with Crippen molar-refractivity contribution >= 4 is 43.6 Å². The first-order chi connectivity index (χ1) is 36.5. The summed E-state index contributed by atoms with van der Waals surface area (Å²) in [6.45, 7) is 8.79. The number of hydrogen-bond acceptors (Lipinski definition) is 3. The van der Waals surface area contributed by atoms with Crippen LogP contribution in [-0.4, -0.2) is 24.1 Å². The molecular weight excluding hydrogens is 965 g/mol. The molecule has 0 amide bonds. The first kappa shape index (κ1) is 45.8. The fraction of sp³-hybridized carbons (Fsp3) is 0.123. The van der Waals surface area contributed by atoms with Gasteiger partial charge in [-0.05, 0) is 117 Å². The Morgan fingerprint density at radius 1 is 0.329 bits per heavy atom. The number of para-hydroxylation sites is 2. The lowest BCUT2D eigenvalue weighted by molar-refractivity contribution is -0.138. The van der Waals surface area contributed by atoms with E-state index in [0.717, 1.165) is 101 Å². The van der Waals surface area contributed by atoms with E-state index in [4.69, 9.17) is 15.0 Å². The van der Waals surface area contributed by atoms with Crippen molar-refractivity contribution in [2.45, 2.75) is 50.9 Å². The van der Waals surface area contributed by atoms with Crippen molar-refractivity contribution in [3.05, 3.63) is 221 Å². The van der Waals surface area contributed by atoms with Gasteiger partial charge in [-0.2, -0.15) is 26.3 Å². The Morgan fingerprint density at radius 2 is 0.724 bits per heavy atom. The predicted molar refractivity (Wildman–Crippen MR) is 290 cm³/mol. The number of aromatic nitrogens is 5. The van der Waals surface area contributed by atoms with E-state index in [0.29, 0.717) is 16.9 Å². The highest BCUT2D eigenvalue weighted by atomic mass is 19.4. The van der Waals surface area contributed by atoms with E-state index in [1.165, 1.54) is 23.3 Å². The molecule has 0 unspecified atom stereocenters. The number of hydrogen-bond donors (Lipinski definition) is 0. The van der Waals surface area contributed by atoms with Crippen LogP contribution in [-0.2, 0) is 23.2 Å². The maximum atomic E-state index is 15.2. The van der Waals surface area contributed by atoms with Gasteiger partial charge in [0.15, 0.2) is 17.5 Å². The van der Waals surface area contributed by atoms with E-state index in [9.17, 15) is 0 Å². The molecule has 9 aromatic carbocycles. The summed E-state index contributed by atoms with van der Waals surface area (Å²) in [6, 6.07) is 56.6. The monoisotopic (exact) mass is 1010 g/mol. The summed E-state index contributed by atoms with van der Waals surface area (Å²) in [5.41, 5.74) is 10.3. The molecule has 3 heterocycles. The highest BCUT2D eigenvalue weighted by Crippen LogP contribution is 2.53. The number of fused-ring (bicyclic) bond motifs is 12. The maximum absolute atomic E-state index is 15.2. The molecule has 11 heteroatoms. The molecule has 5 nitrogen and oxygen atoms in total. The van der Waals surface area contributed by atoms with Crippen molar-refractivity contribution < 1.29 is 26.3 Å². The molecule has 0 fully saturated rings. The molecule has 76 heavy (non-hydrogen) atoms. The lowest BCUT2D eigenvalue weighted by Gasteiger charge is -2.21. The van der Waals surface area contributed by atoms with Crippen molar-refractivity contribution in [1.29, 1.82) is 0 Å². The average molecular weight is 1010 g/mol. The Hall–Kier alpha value is -8.83. The second kappa shape index (κ2) is 15.8. The van der Waals surface area contributed by atoms with Crippen molar-refractivity contribution in [3.8, 4) is 67.8 Å². The third kappa shape index (κ3) is 6.63. The van der Waals surface area contributed by atoms with Gasteiger partial charge in [0.05, 0.1) is 44.6 Å². The third-order valence-corrected chi connectivity index (χ3v) is 16.0. The number of alkyl halides is 6. The highest BCUT2D eigenvalue weighted by Gasteiger charge is 2.39. The number of nitrogens with zero attached hydrogens (tertiary/aromatic N) is 5. The Morgan fingerprint density at radius 3 is 1.17 bits per heavy atom. The summed E-state index contributed by atoms with van der Waals surface area (Å²) in [7, 11) is 0. The summed E-state index contributed by atoms with van der Waals surface area (Å²) < 4.78 is 95.0. The first-order valence-corrected chi connectivity index (χ1v) is 25.1. The lowest BCUT2D eigenvalue weighted by Crippen LogP contribution is -2.14. The van der Waals surface area contributed by atoms with Gasteiger partial charge in [-0.15, -0.1) is 0 Å². The van der Waals surface area contributed by atoms with Crippen LogP contribution in [0.4, 0.5) is 26.3 Å². The molecule has 370 valence electrons. The number of halogens is 6. The largest absolute Gasteiger partial charge is 0.416 e. The van der Waals surface area contributed by atoms with Crippen molar-refractivity contribution in [1.82, 2.24) is 24.1 Å². The molecule has 0 atom stereocenters. The van der Waals surface area contributed by atoms with E-state index in [2.05, 4.69) is 76.2 Å². The van der Waals surface area contributed by atoms with Gasteiger partial charge < -0.3 is 9.13 Å². The average Bonchev–Trinajstić information content (AvgIpc) is 4.20. The molecule has 0 saturated carbocycles. The Balaban J connectivity index is 1.07. The maximum Gasteiger partial charge on any atom is 0.416 e. The fourth-order valence-electron chi connectivity index (χ4n) is 12.4. The van der Waals surface area contributed by atoms with Gasteiger partial charge in [0.25, 0.3) is 0 Å². The van der Waals surface area contributed by atoms with Crippen molar-refractivity contribution in [3.63, 3.8) is 0 Å². The van der Waals surface area contributed by atoms with Gasteiger partial charge in [-0.3, -0.25) is 0 Å². The zero-order valence-electron chi connectivity index (χ0n) is 41.4. The van der Waals surface area contributed by atoms with Crippen LogP contribution in [0.5, 0.6) is 0 Å². The molecular formula is C65H43F6N5. The standard InChI is InChI=1S/C65H43F6N5/c1-62(2)49-22-12-8-18-39(49)43-34-57-45(32-51(43)62)41-20-10-14-24-53(41)75(57)55-28-26-37(64(66,67)68)30-47(55)60-72-59(36-16-6-5-7-17-36)73-61(74-60)48-31-38(65(69,70)71)27-29-56(48)76-54-25-15-11-21-42(54)46-33-52-44(35-58(46)76)40-19-9-13-23-50(40)63(52,3)4/h5-35H,1-4H3. The van der Waals surface area contributed by atoms with E-state index in [1.807, 2.05) is 81.9 Å². The van der Waals surface area contributed by atoms with Crippen LogP contribution >= 0.6 is 0 Å². The lowest BCUT2D eigenvalue weighted by atomic mass is 9.82. The zero-order valence-corrected chi connectivity index (χ0v) is 41.4. The molecule has 0 aliphatic heterocycles. The van der Waals surface area contributed by atoms with Gasteiger partial charge in [0.1, 0.15) is 0 Å². The second-order valence-electron chi connectivity index (χ2n) is 21.0. The fourth-order valence-corrected chi connectivity index (χ4v) is 12.4. The summed E-state index contributed by atoms with van der Waals surface area (Å²) in [4.78, 5) is 15.0. The van der Waals surface area contributed by atoms with Gasteiger partial charge in [0, 0.05) is 49.1 Å². The summed E-state index contributed by atoms with van der Waals surface area (Å²) in [5, 5.41) is 3.58. The van der Waals surface area contributed by atoms with E-state index in [-0.39, 0.29) is 39.4 Å². The highest BCUT2D eigenvalue weighted by molar-refractivity contribution is 6.13.